The van der Waals surface area contributed by atoms with Crippen molar-refractivity contribution in [2.24, 2.45) is 17.3 Å². The summed E-state index contributed by atoms with van der Waals surface area (Å²) in [6.45, 7) is 14.0. The van der Waals surface area contributed by atoms with Crippen LogP contribution in [0, 0.1) is 17.3 Å². The van der Waals surface area contributed by atoms with Gasteiger partial charge in [0.15, 0.2) is 0 Å². The Morgan fingerprint density at radius 1 is 1.00 bits per heavy atom. The van der Waals surface area contributed by atoms with Gasteiger partial charge in [-0.05, 0) is 23.7 Å². The normalized spacial score (nSPS) is 13.0. The summed E-state index contributed by atoms with van der Waals surface area (Å²) in [6, 6.07) is 0. The fourth-order valence-electron chi connectivity index (χ4n) is 1.25. The van der Waals surface area contributed by atoms with E-state index in [0.29, 0.717) is 5.41 Å². The predicted octanol–water partition coefficient (Wildman–Crippen LogP) is 4.49. The van der Waals surface area contributed by atoms with Gasteiger partial charge < -0.3 is 0 Å². The summed E-state index contributed by atoms with van der Waals surface area (Å²) < 4.78 is 0. The van der Waals surface area contributed by atoms with Gasteiger partial charge in [-0.25, -0.2) is 0 Å². The fraction of sp³-hybridized carbons (Fsp3) is 1.00. The van der Waals surface area contributed by atoms with Crippen LogP contribution < -0.4 is 0 Å². The van der Waals surface area contributed by atoms with Crippen LogP contribution in [0.3, 0.4) is 0 Å². The highest BCUT2D eigenvalue weighted by atomic mass is 14.3. The van der Waals surface area contributed by atoms with E-state index in [9.17, 15) is 0 Å². The minimum absolute atomic E-state index is 0.537. The molecule has 0 aromatic rings. The average Bonchev–Trinajstić information content (AvgIpc) is 1.85. The van der Waals surface area contributed by atoms with E-state index in [2.05, 4.69) is 41.5 Å². The zero-order chi connectivity index (χ0) is 9.78. The summed E-state index contributed by atoms with van der Waals surface area (Å²) in [5.41, 5.74) is 0.537. The van der Waals surface area contributed by atoms with Gasteiger partial charge in [0.05, 0.1) is 0 Å². The SMILES string of the molecule is CC(C)CCCC(C)(C)C(C)C. The molecule has 0 nitrogen and oxygen atoms in total. The highest BCUT2D eigenvalue weighted by Crippen LogP contribution is 2.32. The van der Waals surface area contributed by atoms with Gasteiger partial charge in [-0.3, -0.25) is 0 Å². The second-order valence-electron chi connectivity index (χ2n) is 5.43. The predicted molar refractivity (Wildman–Crippen MR) is 57.3 cm³/mol. The van der Waals surface area contributed by atoms with Crippen LogP contribution in [-0.2, 0) is 0 Å². The number of hydrogen-bond donors (Lipinski definition) is 0. The Kier molecular flexibility index (Phi) is 4.89. The molecule has 0 atom stereocenters. The first-order valence-corrected chi connectivity index (χ1v) is 5.36. The van der Waals surface area contributed by atoms with Crippen LogP contribution in [0.2, 0.25) is 0 Å². The van der Waals surface area contributed by atoms with Crippen LogP contribution in [-0.4, -0.2) is 0 Å². The quantitative estimate of drug-likeness (QED) is 0.570. The van der Waals surface area contributed by atoms with Gasteiger partial charge in [0.25, 0.3) is 0 Å². The molecule has 0 fully saturated rings. The van der Waals surface area contributed by atoms with Crippen LogP contribution in [0.25, 0.3) is 0 Å². The van der Waals surface area contributed by atoms with Crippen molar-refractivity contribution < 1.29 is 0 Å². The van der Waals surface area contributed by atoms with Gasteiger partial charge in [-0.15, -0.1) is 0 Å². The van der Waals surface area contributed by atoms with Crippen molar-refractivity contribution in [3.8, 4) is 0 Å². The van der Waals surface area contributed by atoms with Crippen LogP contribution >= 0.6 is 0 Å². The van der Waals surface area contributed by atoms with Crippen LogP contribution in [0.15, 0.2) is 0 Å². The van der Waals surface area contributed by atoms with Gasteiger partial charge in [-0.1, -0.05) is 54.4 Å². The third-order valence-electron chi connectivity index (χ3n) is 3.17. The van der Waals surface area contributed by atoms with Gasteiger partial charge in [0.2, 0.25) is 0 Å². The van der Waals surface area contributed by atoms with Crippen molar-refractivity contribution in [2.45, 2.75) is 60.8 Å². The molecule has 0 heterocycles. The Morgan fingerprint density at radius 2 is 1.50 bits per heavy atom. The molecule has 0 unspecified atom stereocenters. The van der Waals surface area contributed by atoms with Crippen molar-refractivity contribution in [3.63, 3.8) is 0 Å². The molecule has 0 aliphatic rings. The van der Waals surface area contributed by atoms with E-state index in [0.717, 1.165) is 11.8 Å². The maximum absolute atomic E-state index is 2.39. The Labute approximate surface area is 78.8 Å². The molecule has 0 aromatic heterocycles. The van der Waals surface area contributed by atoms with E-state index in [4.69, 9.17) is 0 Å². The molecule has 0 amide bonds. The van der Waals surface area contributed by atoms with Crippen LogP contribution in [0.4, 0.5) is 0 Å². The molecule has 0 heteroatoms. The standard InChI is InChI=1S/C12H26/c1-10(2)8-7-9-12(5,6)11(3)4/h10-11H,7-9H2,1-6H3. The van der Waals surface area contributed by atoms with E-state index in [1.54, 1.807) is 0 Å². The summed E-state index contributed by atoms with van der Waals surface area (Å²) in [5.74, 6) is 1.68. The largest absolute Gasteiger partial charge is 0.0628 e. The summed E-state index contributed by atoms with van der Waals surface area (Å²) in [6.07, 6.45) is 4.15. The first-order chi connectivity index (χ1) is 5.36. The third kappa shape index (κ3) is 4.79. The zero-order valence-electron chi connectivity index (χ0n) is 9.78. The minimum atomic E-state index is 0.537. The second kappa shape index (κ2) is 4.89. The highest BCUT2D eigenvalue weighted by molar-refractivity contribution is 4.72. The van der Waals surface area contributed by atoms with E-state index in [-0.39, 0.29) is 0 Å². The number of hydrogen-bond acceptors (Lipinski definition) is 0. The lowest BCUT2D eigenvalue weighted by molar-refractivity contribution is 0.218. The lowest BCUT2D eigenvalue weighted by Gasteiger charge is -2.29. The van der Waals surface area contributed by atoms with Crippen molar-refractivity contribution in [1.82, 2.24) is 0 Å². The zero-order valence-corrected chi connectivity index (χ0v) is 9.78. The molecule has 74 valence electrons. The molecule has 0 spiro atoms. The first kappa shape index (κ1) is 12.0. The van der Waals surface area contributed by atoms with E-state index in [1.165, 1.54) is 19.3 Å². The molecule has 0 N–H and O–H groups in total. The molecule has 0 aliphatic carbocycles. The van der Waals surface area contributed by atoms with Crippen molar-refractivity contribution in [1.29, 1.82) is 0 Å². The number of rotatable bonds is 5. The second-order valence-corrected chi connectivity index (χ2v) is 5.43. The summed E-state index contributed by atoms with van der Waals surface area (Å²) in [4.78, 5) is 0. The Balaban J connectivity index is 3.61. The molecule has 12 heavy (non-hydrogen) atoms. The van der Waals surface area contributed by atoms with Crippen molar-refractivity contribution in [3.05, 3.63) is 0 Å². The van der Waals surface area contributed by atoms with E-state index in [1.807, 2.05) is 0 Å². The molecular weight excluding hydrogens is 144 g/mol. The third-order valence-corrected chi connectivity index (χ3v) is 3.17. The topological polar surface area (TPSA) is 0 Å². The molecule has 0 aromatic carbocycles. The first-order valence-electron chi connectivity index (χ1n) is 5.36. The van der Waals surface area contributed by atoms with Gasteiger partial charge in [0.1, 0.15) is 0 Å². The monoisotopic (exact) mass is 170 g/mol. The molecule has 0 aliphatic heterocycles. The molecule has 0 radical (unpaired) electrons. The molecule has 0 saturated heterocycles. The maximum Gasteiger partial charge on any atom is -0.0331 e. The Bertz CT molecular complexity index is 109. The van der Waals surface area contributed by atoms with Crippen LogP contribution in [0.5, 0.6) is 0 Å². The molecule has 0 saturated carbocycles. The molecule has 0 bridgehead atoms. The smallest absolute Gasteiger partial charge is 0.0331 e. The highest BCUT2D eigenvalue weighted by Gasteiger charge is 2.21. The van der Waals surface area contributed by atoms with Crippen molar-refractivity contribution in [2.75, 3.05) is 0 Å². The molecule has 0 rings (SSSR count). The maximum atomic E-state index is 2.39. The summed E-state index contributed by atoms with van der Waals surface area (Å²) in [5, 5.41) is 0. The Morgan fingerprint density at radius 3 is 1.83 bits per heavy atom. The average molecular weight is 170 g/mol. The minimum Gasteiger partial charge on any atom is -0.0628 e. The van der Waals surface area contributed by atoms with E-state index >= 15 is 0 Å². The lowest BCUT2D eigenvalue weighted by atomic mass is 9.77. The Hall–Kier alpha value is 0. The molecular formula is C12H26. The van der Waals surface area contributed by atoms with Crippen LogP contribution in [0.1, 0.15) is 60.8 Å². The summed E-state index contributed by atoms with van der Waals surface area (Å²) in [7, 11) is 0. The van der Waals surface area contributed by atoms with Crippen molar-refractivity contribution >= 4 is 0 Å². The van der Waals surface area contributed by atoms with Gasteiger partial charge in [-0.2, -0.15) is 0 Å². The van der Waals surface area contributed by atoms with E-state index < -0.39 is 0 Å². The fourth-order valence-corrected chi connectivity index (χ4v) is 1.25. The lowest BCUT2D eigenvalue weighted by Crippen LogP contribution is -2.18. The van der Waals surface area contributed by atoms with Gasteiger partial charge >= 0.3 is 0 Å². The van der Waals surface area contributed by atoms with Gasteiger partial charge in [0, 0.05) is 0 Å². The summed E-state index contributed by atoms with van der Waals surface area (Å²) >= 11 is 0.